The fourth-order valence-electron chi connectivity index (χ4n) is 2.06. The smallest absolute Gasteiger partial charge is 0.0635 e. The number of hydrogen-bond acceptors (Lipinski definition) is 0. The van der Waals surface area contributed by atoms with Gasteiger partial charge in [-0.3, -0.25) is 0 Å². The van der Waals surface area contributed by atoms with Gasteiger partial charge in [0.1, 0.15) is 0 Å². The van der Waals surface area contributed by atoms with Crippen molar-refractivity contribution >= 4 is 20.9 Å². The summed E-state index contributed by atoms with van der Waals surface area (Å²) >= 11 is -1.88. The molecule has 0 fully saturated rings. The molecule has 25 heavy (non-hydrogen) atoms. The third kappa shape index (κ3) is 11.4. The maximum Gasteiger partial charge on any atom is -0.0635 e. The maximum absolute atomic E-state index is 5.39. The van der Waals surface area contributed by atoms with Crippen LogP contribution < -0.4 is 0 Å². The predicted molar refractivity (Wildman–Crippen MR) is 114 cm³/mol. The van der Waals surface area contributed by atoms with E-state index in [1.807, 2.05) is 10.7 Å². The van der Waals surface area contributed by atoms with Gasteiger partial charge in [-0.1, -0.05) is 66.2 Å². The Morgan fingerprint density at radius 1 is 0.800 bits per heavy atom. The van der Waals surface area contributed by atoms with Crippen LogP contribution in [0, 0.1) is 13.8 Å². The second kappa shape index (κ2) is 11.0. The summed E-state index contributed by atoms with van der Waals surface area (Å²) < 4.78 is 1.91. The Morgan fingerprint density at radius 3 is 1.16 bits per heavy atom. The van der Waals surface area contributed by atoms with Gasteiger partial charge in [-0.25, -0.2) is 12.1 Å². The van der Waals surface area contributed by atoms with Crippen molar-refractivity contribution in [1.82, 2.24) is 0 Å². The van der Waals surface area contributed by atoms with Crippen LogP contribution in [-0.4, -0.2) is 3.76 Å². The largest absolute Gasteiger partial charge is 0.207 e. The van der Waals surface area contributed by atoms with Crippen molar-refractivity contribution in [2.75, 3.05) is 0 Å². The molecule has 0 spiro atoms. The van der Waals surface area contributed by atoms with E-state index in [9.17, 15) is 0 Å². The van der Waals surface area contributed by atoms with Crippen LogP contribution >= 0.6 is 17.2 Å². The molecular formula is C22H34Cl2Hf-2. The minimum atomic E-state index is -1.88. The van der Waals surface area contributed by atoms with Gasteiger partial charge in [0.25, 0.3) is 0 Å². The molecule has 2 aromatic rings. The van der Waals surface area contributed by atoms with E-state index in [1.165, 1.54) is 22.3 Å². The normalized spacial score (nSPS) is 11.0. The van der Waals surface area contributed by atoms with E-state index in [-0.39, 0.29) is 0 Å². The summed E-state index contributed by atoms with van der Waals surface area (Å²) in [6.45, 7) is 19.6. The predicted octanol–water partition coefficient (Wildman–Crippen LogP) is 7.76. The van der Waals surface area contributed by atoms with Crippen molar-refractivity contribution in [2.45, 2.75) is 73.1 Å². The van der Waals surface area contributed by atoms with E-state index in [2.05, 4.69) is 91.8 Å². The third-order valence-corrected chi connectivity index (χ3v) is 8.91. The van der Waals surface area contributed by atoms with Crippen molar-refractivity contribution in [1.29, 1.82) is 0 Å². The van der Waals surface area contributed by atoms with Crippen molar-refractivity contribution in [3.8, 4) is 0 Å². The van der Waals surface area contributed by atoms with Gasteiger partial charge in [0, 0.05) is 0 Å². The number of rotatable bonds is 0. The molecule has 0 N–H and O–H groups in total. The topological polar surface area (TPSA) is 0 Å². The van der Waals surface area contributed by atoms with E-state index < -0.39 is 18.6 Å². The summed E-state index contributed by atoms with van der Waals surface area (Å²) in [4.78, 5) is 0. The van der Waals surface area contributed by atoms with Crippen LogP contribution in [0.15, 0.2) is 36.4 Å². The average Bonchev–Trinajstić information content (AvgIpc) is 3.07. The molecule has 0 heterocycles. The number of halogens is 2. The van der Waals surface area contributed by atoms with Gasteiger partial charge in [-0.2, -0.15) is 46.5 Å². The minimum Gasteiger partial charge on any atom is -0.207 e. The van der Waals surface area contributed by atoms with Crippen LogP contribution in [0.2, 0.25) is 0 Å². The second-order valence-corrected chi connectivity index (χ2v) is 20.8. The summed E-state index contributed by atoms with van der Waals surface area (Å²) in [6, 6.07) is 13.2. The van der Waals surface area contributed by atoms with Crippen LogP contribution in [0.3, 0.4) is 0 Å². The van der Waals surface area contributed by atoms with Gasteiger partial charge in [0.2, 0.25) is 0 Å². The first kappa shape index (κ1) is 25.0. The summed E-state index contributed by atoms with van der Waals surface area (Å²) in [7, 11) is 10.8. The molecule has 2 rings (SSSR count). The summed E-state index contributed by atoms with van der Waals surface area (Å²) in [5.74, 6) is 0. The molecule has 0 bridgehead atoms. The standard InChI is InChI=1S/2C10H15.C2H4.2ClH.Hf/c2*1-8-5-6-9(7-8)10(2,3)4;1-2;;;/h2*5-7H,1-4H3;1H,2H3;2*1H;/q2*-1;;;;+2/p-2. The molecule has 0 radical (unpaired) electrons. The Morgan fingerprint density at radius 2 is 1.08 bits per heavy atom. The van der Waals surface area contributed by atoms with Crippen LogP contribution in [0.5, 0.6) is 0 Å². The van der Waals surface area contributed by atoms with E-state index in [1.54, 1.807) is 0 Å². The molecule has 0 aliphatic rings. The van der Waals surface area contributed by atoms with Gasteiger partial charge >= 0.3 is 46.4 Å². The molecule has 0 saturated carbocycles. The molecule has 3 heteroatoms. The third-order valence-electron chi connectivity index (χ3n) is 3.77. The van der Waals surface area contributed by atoms with E-state index in [0.717, 1.165) is 0 Å². The molecule has 142 valence electrons. The zero-order valence-corrected chi connectivity index (χ0v) is 22.4. The molecular weight excluding hydrogens is 514 g/mol. The molecule has 0 aliphatic carbocycles. The van der Waals surface area contributed by atoms with Crippen LogP contribution in [0.4, 0.5) is 0 Å². The molecule has 0 nitrogen and oxygen atoms in total. The monoisotopic (exact) mass is 548 g/mol. The molecule has 0 amide bonds. The summed E-state index contributed by atoms with van der Waals surface area (Å²) in [5, 5.41) is 0. The second-order valence-electron chi connectivity index (χ2n) is 8.43. The fraction of sp³-hybridized carbons (Fsp3) is 0.500. The van der Waals surface area contributed by atoms with Crippen molar-refractivity contribution in [3.05, 3.63) is 58.7 Å². The Labute approximate surface area is 170 Å². The first-order chi connectivity index (χ1) is 11.3. The fourth-order valence-corrected chi connectivity index (χ4v) is 2.06. The maximum atomic E-state index is 5.39. The van der Waals surface area contributed by atoms with E-state index in [4.69, 9.17) is 17.2 Å². The zero-order valence-electron chi connectivity index (χ0n) is 17.3. The molecule has 0 atom stereocenters. The van der Waals surface area contributed by atoms with E-state index >= 15 is 0 Å². The minimum absolute atomic E-state index is 0.314. The van der Waals surface area contributed by atoms with Gasteiger partial charge in [-0.05, 0) is 0 Å². The Balaban J connectivity index is 0.000000368. The molecule has 0 unspecified atom stereocenters. The van der Waals surface area contributed by atoms with Gasteiger partial charge in [0.15, 0.2) is 0 Å². The number of hydrogen-bond donors (Lipinski definition) is 0. The Hall–Kier alpha value is 0.0201. The van der Waals surface area contributed by atoms with Crippen LogP contribution in [0.1, 0.15) is 70.7 Å². The molecule has 2 aromatic carbocycles. The number of aryl methyl sites for hydroxylation is 2. The Bertz CT molecular complexity index is 592. The quantitative estimate of drug-likeness (QED) is 0.234. The van der Waals surface area contributed by atoms with Gasteiger partial charge in [-0.15, -0.1) is 0 Å². The van der Waals surface area contributed by atoms with E-state index in [0.29, 0.717) is 10.8 Å². The molecule has 0 aliphatic heterocycles. The van der Waals surface area contributed by atoms with Crippen molar-refractivity contribution in [3.63, 3.8) is 0 Å². The first-order valence-corrected chi connectivity index (χ1v) is 19.7. The van der Waals surface area contributed by atoms with Crippen LogP contribution in [-0.2, 0) is 29.4 Å². The van der Waals surface area contributed by atoms with Crippen LogP contribution in [0.25, 0.3) is 0 Å². The SMILES string of the molecule is C[CH]=[Hf]([Cl])[Cl].Cc1cc(C(C)(C)C)c[cH-]1.Cc1cc(C(C)(C)C)c[cH-]1. The van der Waals surface area contributed by atoms with Gasteiger partial charge < -0.3 is 0 Å². The summed E-state index contributed by atoms with van der Waals surface area (Å²) in [6.07, 6.45) is 0. The molecule has 0 aromatic heterocycles. The summed E-state index contributed by atoms with van der Waals surface area (Å²) in [5.41, 5.74) is 6.23. The average molecular weight is 548 g/mol. The first-order valence-electron chi connectivity index (χ1n) is 8.72. The van der Waals surface area contributed by atoms with Crippen molar-refractivity contribution < 1.29 is 18.6 Å². The van der Waals surface area contributed by atoms with Gasteiger partial charge in [0.05, 0.1) is 0 Å². The van der Waals surface area contributed by atoms with Crippen molar-refractivity contribution in [2.24, 2.45) is 0 Å². The Kier molecular flexibility index (Phi) is 11.0. The zero-order chi connectivity index (χ0) is 19.8. The molecule has 0 saturated heterocycles.